The third-order valence-corrected chi connectivity index (χ3v) is 7.11. The summed E-state index contributed by atoms with van der Waals surface area (Å²) in [7, 11) is 0.865. The molecule has 0 aromatic heterocycles. The number of hydrogen-bond acceptors (Lipinski definition) is 4. The molecular weight excluding hydrogens is 376 g/mol. The minimum atomic E-state index is -0.886. The lowest BCUT2D eigenvalue weighted by Gasteiger charge is -2.40. The molecule has 2 saturated heterocycles. The first-order valence-corrected chi connectivity index (χ1v) is 11.6. The zero-order valence-electron chi connectivity index (χ0n) is 18.5. The van der Waals surface area contributed by atoms with Crippen LogP contribution in [-0.4, -0.2) is 69.0 Å². The number of carbonyl (C=O) groups excluding carboxylic acids is 1. The highest BCUT2D eigenvalue weighted by Crippen LogP contribution is 2.36. The fraction of sp³-hybridized carbons (Fsp3) is 0.900. The van der Waals surface area contributed by atoms with Gasteiger partial charge in [0, 0.05) is 53.0 Å². The van der Waals surface area contributed by atoms with Gasteiger partial charge in [0.15, 0.2) is 5.96 Å². The molecule has 1 amide bonds. The molecule has 0 aromatic rings. The third-order valence-electron chi connectivity index (χ3n) is 5.16. The van der Waals surface area contributed by atoms with Crippen molar-refractivity contribution in [2.45, 2.75) is 95.7 Å². The van der Waals surface area contributed by atoms with Gasteiger partial charge in [-0.05, 0) is 67.2 Å². The topological polar surface area (TPSA) is 83.0 Å². The molecule has 28 heavy (non-hydrogen) atoms. The van der Waals surface area contributed by atoms with Gasteiger partial charge in [0.1, 0.15) is 5.60 Å². The molecule has 2 aliphatic heterocycles. The lowest BCUT2D eigenvalue weighted by molar-refractivity contribution is 0.00545. The van der Waals surface area contributed by atoms with E-state index in [1.807, 2.05) is 46.4 Å². The summed E-state index contributed by atoms with van der Waals surface area (Å²) in [5, 5.41) is 6.76. The molecule has 3 unspecified atom stereocenters. The van der Waals surface area contributed by atoms with Gasteiger partial charge in [0.25, 0.3) is 0 Å². The summed E-state index contributed by atoms with van der Waals surface area (Å²) < 4.78 is 17.6. The molecule has 2 aliphatic rings. The van der Waals surface area contributed by atoms with E-state index < -0.39 is 16.4 Å². The summed E-state index contributed by atoms with van der Waals surface area (Å²) in [5.41, 5.74) is -0.468. The Morgan fingerprint density at radius 3 is 2.18 bits per heavy atom. The van der Waals surface area contributed by atoms with Gasteiger partial charge in [-0.2, -0.15) is 0 Å². The van der Waals surface area contributed by atoms with E-state index in [1.54, 1.807) is 7.05 Å². The van der Waals surface area contributed by atoms with E-state index in [4.69, 9.17) is 4.74 Å². The Labute approximate surface area is 172 Å². The summed E-state index contributed by atoms with van der Waals surface area (Å²) in [6.45, 7) is 12.3. The van der Waals surface area contributed by atoms with Gasteiger partial charge in [-0.3, -0.25) is 9.20 Å². The van der Waals surface area contributed by atoms with Crippen LogP contribution in [0.25, 0.3) is 0 Å². The SMILES string of the molecule is CN=C(NCCS(=O)C(C)(C)C)NC1CC2CCC(C1)N2C(=O)OC(C)(C)C. The predicted octanol–water partition coefficient (Wildman–Crippen LogP) is 2.63. The number of aliphatic imine (C=N–C) groups is 1. The summed E-state index contributed by atoms with van der Waals surface area (Å²) in [6, 6.07) is 0.714. The van der Waals surface area contributed by atoms with Crippen molar-refractivity contribution in [3.63, 3.8) is 0 Å². The highest BCUT2D eigenvalue weighted by atomic mass is 32.2. The third kappa shape index (κ3) is 6.36. The molecule has 0 aromatic carbocycles. The Morgan fingerprint density at radius 2 is 1.71 bits per heavy atom. The molecule has 2 bridgehead atoms. The van der Waals surface area contributed by atoms with E-state index in [2.05, 4.69) is 15.6 Å². The maximum atomic E-state index is 12.6. The zero-order chi connectivity index (χ0) is 21.1. The van der Waals surface area contributed by atoms with Crippen molar-refractivity contribution >= 4 is 22.9 Å². The summed E-state index contributed by atoms with van der Waals surface area (Å²) in [5.74, 6) is 1.33. The molecule has 0 spiro atoms. The van der Waals surface area contributed by atoms with Gasteiger partial charge in [0.05, 0.1) is 0 Å². The number of amides is 1. The average Bonchev–Trinajstić information content (AvgIpc) is 2.82. The molecule has 2 N–H and O–H groups in total. The summed E-state index contributed by atoms with van der Waals surface area (Å²) in [4.78, 5) is 18.8. The van der Waals surface area contributed by atoms with Crippen LogP contribution in [0.2, 0.25) is 0 Å². The number of rotatable bonds is 4. The average molecular weight is 415 g/mol. The van der Waals surface area contributed by atoms with Gasteiger partial charge in [0.2, 0.25) is 0 Å². The normalized spacial score (nSPS) is 26.8. The molecule has 0 radical (unpaired) electrons. The van der Waals surface area contributed by atoms with Crippen LogP contribution in [0, 0.1) is 0 Å². The van der Waals surface area contributed by atoms with Crippen molar-refractivity contribution < 1.29 is 13.7 Å². The van der Waals surface area contributed by atoms with Crippen molar-refractivity contribution in [1.29, 1.82) is 0 Å². The Balaban J connectivity index is 1.85. The molecule has 8 heteroatoms. The summed E-state index contributed by atoms with van der Waals surface area (Å²) in [6.07, 6.45) is 3.65. The monoisotopic (exact) mass is 414 g/mol. The van der Waals surface area contributed by atoms with Gasteiger partial charge >= 0.3 is 6.09 Å². The Kier molecular flexibility index (Phi) is 7.39. The second-order valence-corrected chi connectivity index (χ2v) is 12.1. The number of hydrogen-bond donors (Lipinski definition) is 2. The van der Waals surface area contributed by atoms with Crippen LogP contribution in [0.3, 0.4) is 0 Å². The lowest BCUT2D eigenvalue weighted by Crippen LogP contribution is -2.55. The van der Waals surface area contributed by atoms with E-state index in [0.29, 0.717) is 12.3 Å². The van der Waals surface area contributed by atoms with Crippen molar-refractivity contribution in [2.24, 2.45) is 4.99 Å². The van der Waals surface area contributed by atoms with Gasteiger partial charge in [-0.25, -0.2) is 4.79 Å². The minimum absolute atomic E-state index is 0.189. The van der Waals surface area contributed by atoms with Crippen LogP contribution in [0.4, 0.5) is 4.79 Å². The van der Waals surface area contributed by atoms with Gasteiger partial charge in [-0.1, -0.05) is 0 Å². The molecule has 2 rings (SSSR count). The number of nitrogens with one attached hydrogen (secondary N) is 2. The van der Waals surface area contributed by atoms with Crippen LogP contribution in [0.5, 0.6) is 0 Å². The first-order chi connectivity index (χ1) is 12.9. The van der Waals surface area contributed by atoms with Crippen molar-refractivity contribution in [3.05, 3.63) is 0 Å². The molecule has 2 fully saturated rings. The number of ether oxygens (including phenoxy) is 1. The van der Waals surface area contributed by atoms with E-state index in [0.717, 1.165) is 31.6 Å². The van der Waals surface area contributed by atoms with Gasteiger partial charge < -0.3 is 20.3 Å². The molecule has 2 heterocycles. The number of carbonyl (C=O) groups is 1. The number of piperidine rings is 1. The quantitative estimate of drug-likeness (QED) is 0.546. The van der Waals surface area contributed by atoms with Crippen LogP contribution in [0.15, 0.2) is 4.99 Å². The van der Waals surface area contributed by atoms with Crippen LogP contribution in [-0.2, 0) is 15.5 Å². The van der Waals surface area contributed by atoms with E-state index in [9.17, 15) is 9.00 Å². The van der Waals surface area contributed by atoms with Crippen LogP contribution < -0.4 is 10.6 Å². The van der Waals surface area contributed by atoms with E-state index in [-0.39, 0.29) is 29.0 Å². The molecule has 7 nitrogen and oxygen atoms in total. The second-order valence-electron chi connectivity index (χ2n) is 9.75. The van der Waals surface area contributed by atoms with Crippen molar-refractivity contribution in [2.75, 3.05) is 19.3 Å². The lowest BCUT2D eigenvalue weighted by atomic mass is 9.98. The Morgan fingerprint density at radius 1 is 1.14 bits per heavy atom. The minimum Gasteiger partial charge on any atom is -0.444 e. The molecule has 0 aliphatic carbocycles. The maximum Gasteiger partial charge on any atom is 0.410 e. The zero-order valence-corrected chi connectivity index (χ0v) is 19.3. The summed E-state index contributed by atoms with van der Waals surface area (Å²) >= 11 is 0. The molecule has 162 valence electrons. The highest BCUT2D eigenvalue weighted by molar-refractivity contribution is 7.86. The fourth-order valence-corrected chi connectivity index (χ4v) is 4.76. The maximum absolute atomic E-state index is 12.6. The largest absolute Gasteiger partial charge is 0.444 e. The molecular formula is C20H38N4O3S. The number of nitrogens with zero attached hydrogens (tertiary/aromatic N) is 2. The standard InChI is InChI=1S/C20H38N4O3S/c1-19(2,3)27-18(25)24-15-8-9-16(24)13-14(12-15)23-17(21-7)22-10-11-28(26)20(4,5)6/h14-16H,8-13H2,1-7H3,(H2,21,22,23). The first-order valence-electron chi connectivity index (χ1n) is 10.3. The van der Waals surface area contributed by atoms with Crippen molar-refractivity contribution in [1.82, 2.24) is 15.5 Å². The van der Waals surface area contributed by atoms with Crippen LogP contribution >= 0.6 is 0 Å². The number of guanidine groups is 1. The van der Waals surface area contributed by atoms with E-state index >= 15 is 0 Å². The van der Waals surface area contributed by atoms with Crippen LogP contribution in [0.1, 0.15) is 67.2 Å². The highest BCUT2D eigenvalue weighted by Gasteiger charge is 2.45. The van der Waals surface area contributed by atoms with Crippen molar-refractivity contribution in [3.8, 4) is 0 Å². The Hall–Kier alpha value is -1.31. The molecule has 0 saturated carbocycles. The smallest absolute Gasteiger partial charge is 0.410 e. The second kappa shape index (κ2) is 9.01. The Bertz CT molecular complexity index is 596. The fourth-order valence-electron chi connectivity index (χ4n) is 3.86. The predicted molar refractivity (Wildman–Crippen MR) is 115 cm³/mol. The number of fused-ring (bicyclic) bond motifs is 2. The van der Waals surface area contributed by atoms with Gasteiger partial charge in [-0.15, -0.1) is 0 Å². The van der Waals surface area contributed by atoms with E-state index in [1.165, 1.54) is 0 Å². The first kappa shape index (κ1) is 23.0. The molecule has 3 atom stereocenters.